The first-order valence-electron chi connectivity index (χ1n) is 7.14. The molecule has 0 spiro atoms. The topological polar surface area (TPSA) is 67.0 Å². The van der Waals surface area contributed by atoms with Gasteiger partial charge in [-0.3, -0.25) is 4.79 Å². The van der Waals surface area contributed by atoms with Gasteiger partial charge in [-0.1, -0.05) is 13.8 Å². The van der Waals surface area contributed by atoms with E-state index in [1.54, 1.807) is 0 Å². The summed E-state index contributed by atoms with van der Waals surface area (Å²) < 4.78 is 5.91. The number of aromatic nitrogens is 2. The van der Waals surface area contributed by atoms with Gasteiger partial charge in [-0.15, -0.1) is 0 Å². The first-order chi connectivity index (χ1) is 9.16. The van der Waals surface area contributed by atoms with Gasteiger partial charge >= 0.3 is 0 Å². The lowest BCUT2D eigenvalue weighted by molar-refractivity contribution is -0.0575. The molecule has 0 aliphatic carbocycles. The molecule has 5 heteroatoms. The Morgan fingerprint density at radius 1 is 1.32 bits per heavy atom. The Morgan fingerprint density at radius 3 is 2.68 bits per heavy atom. The van der Waals surface area contributed by atoms with Crippen LogP contribution in [0.5, 0.6) is 0 Å². The van der Waals surface area contributed by atoms with Crippen LogP contribution in [0.25, 0.3) is 0 Å². The summed E-state index contributed by atoms with van der Waals surface area (Å²) in [7, 11) is 0. The van der Waals surface area contributed by atoms with E-state index in [1.165, 1.54) is 0 Å². The third-order valence-corrected chi connectivity index (χ3v) is 3.94. The van der Waals surface area contributed by atoms with Crippen LogP contribution < -0.4 is 10.9 Å². The number of nitrogens with one attached hydrogen (secondary N) is 2. The van der Waals surface area contributed by atoms with Crippen LogP contribution >= 0.6 is 0 Å². The maximum Gasteiger partial charge on any atom is 0.254 e. The monoisotopic (exact) mass is 265 g/mol. The minimum absolute atomic E-state index is 0.00696. The normalized spacial score (nSPS) is 15.3. The Balaban J connectivity index is 2.49. The smallest absolute Gasteiger partial charge is 0.254 e. The van der Waals surface area contributed by atoms with Crippen molar-refractivity contribution in [2.75, 3.05) is 13.2 Å². The highest BCUT2D eigenvalue weighted by molar-refractivity contribution is 5.22. The first-order valence-corrected chi connectivity index (χ1v) is 7.14. The van der Waals surface area contributed by atoms with Crippen molar-refractivity contribution < 1.29 is 4.74 Å². The third-order valence-electron chi connectivity index (χ3n) is 3.94. The maximum atomic E-state index is 12.2. The van der Waals surface area contributed by atoms with E-state index in [4.69, 9.17) is 4.74 Å². The standard InChI is InChI=1S/C14H23N3O2/c1-4-14(5-2,19-6-3)13-16-11-9-15-8-7-10(11)12(18)17-13/h15H,4-9H2,1-3H3,(H,16,17,18). The van der Waals surface area contributed by atoms with Gasteiger partial charge in [0.1, 0.15) is 11.4 Å². The Labute approximate surface area is 113 Å². The summed E-state index contributed by atoms with van der Waals surface area (Å²) in [6.07, 6.45) is 2.34. The molecule has 2 rings (SSSR count). The lowest BCUT2D eigenvalue weighted by Crippen LogP contribution is -2.37. The zero-order chi connectivity index (χ0) is 13.9. The van der Waals surface area contributed by atoms with Crippen LogP contribution in [0.2, 0.25) is 0 Å². The maximum absolute atomic E-state index is 12.2. The van der Waals surface area contributed by atoms with Crippen molar-refractivity contribution in [3.05, 3.63) is 27.4 Å². The second kappa shape index (κ2) is 5.84. The third kappa shape index (κ3) is 2.58. The molecule has 19 heavy (non-hydrogen) atoms. The molecule has 0 unspecified atom stereocenters. The molecule has 0 fully saturated rings. The molecule has 0 aromatic carbocycles. The average molecular weight is 265 g/mol. The highest BCUT2D eigenvalue weighted by Crippen LogP contribution is 2.30. The molecule has 1 aromatic heterocycles. The van der Waals surface area contributed by atoms with Crippen LogP contribution in [-0.4, -0.2) is 23.1 Å². The Morgan fingerprint density at radius 2 is 2.05 bits per heavy atom. The lowest BCUT2D eigenvalue weighted by atomic mass is 9.95. The van der Waals surface area contributed by atoms with Crippen molar-refractivity contribution in [2.45, 2.75) is 52.2 Å². The van der Waals surface area contributed by atoms with Crippen LogP contribution in [0.1, 0.15) is 50.7 Å². The van der Waals surface area contributed by atoms with Gasteiger partial charge in [-0.2, -0.15) is 0 Å². The van der Waals surface area contributed by atoms with Crippen molar-refractivity contribution in [1.82, 2.24) is 15.3 Å². The van der Waals surface area contributed by atoms with Gasteiger partial charge in [0, 0.05) is 18.7 Å². The van der Waals surface area contributed by atoms with Crippen molar-refractivity contribution in [3.63, 3.8) is 0 Å². The second-order valence-corrected chi connectivity index (χ2v) is 4.90. The molecule has 2 N–H and O–H groups in total. The molecule has 106 valence electrons. The highest BCUT2D eigenvalue weighted by atomic mass is 16.5. The number of fused-ring (bicyclic) bond motifs is 1. The number of hydrogen-bond donors (Lipinski definition) is 2. The fourth-order valence-corrected chi connectivity index (χ4v) is 2.72. The average Bonchev–Trinajstić information content (AvgIpc) is 2.45. The van der Waals surface area contributed by atoms with Crippen molar-refractivity contribution in [2.24, 2.45) is 0 Å². The van der Waals surface area contributed by atoms with E-state index in [1.807, 2.05) is 6.92 Å². The molecule has 1 aliphatic heterocycles. The van der Waals surface area contributed by atoms with Crippen molar-refractivity contribution in [3.8, 4) is 0 Å². The van der Waals surface area contributed by atoms with Gasteiger partial charge in [-0.25, -0.2) is 4.98 Å². The second-order valence-electron chi connectivity index (χ2n) is 4.90. The first kappa shape index (κ1) is 14.2. The van der Waals surface area contributed by atoms with Crippen molar-refractivity contribution in [1.29, 1.82) is 0 Å². The van der Waals surface area contributed by atoms with Gasteiger partial charge in [0.2, 0.25) is 0 Å². The quantitative estimate of drug-likeness (QED) is 0.846. The van der Waals surface area contributed by atoms with Gasteiger partial charge in [0.25, 0.3) is 5.56 Å². The van der Waals surface area contributed by atoms with E-state index in [9.17, 15) is 4.79 Å². The van der Waals surface area contributed by atoms with E-state index in [0.29, 0.717) is 19.0 Å². The number of nitrogens with zero attached hydrogens (tertiary/aromatic N) is 1. The minimum atomic E-state index is -0.472. The zero-order valence-corrected chi connectivity index (χ0v) is 12.0. The Hall–Kier alpha value is -1.20. The number of rotatable bonds is 5. The molecule has 5 nitrogen and oxygen atoms in total. The van der Waals surface area contributed by atoms with Crippen LogP contribution in [0.15, 0.2) is 4.79 Å². The van der Waals surface area contributed by atoms with Gasteiger partial charge in [0.05, 0.1) is 5.69 Å². The summed E-state index contributed by atoms with van der Waals surface area (Å²) in [5.41, 5.74) is 1.21. The molecule has 1 aliphatic rings. The van der Waals surface area contributed by atoms with Gasteiger partial charge in [-0.05, 0) is 32.7 Å². The number of hydrogen-bond acceptors (Lipinski definition) is 4. The number of H-pyrrole nitrogens is 1. The van der Waals surface area contributed by atoms with Crippen LogP contribution in [0.3, 0.4) is 0 Å². The van der Waals surface area contributed by atoms with Gasteiger partial charge < -0.3 is 15.0 Å². The van der Waals surface area contributed by atoms with Crippen molar-refractivity contribution >= 4 is 0 Å². The SMILES string of the molecule is CCOC(CC)(CC)c1nc2c(c(=O)[nH]1)CCNC2. The number of aromatic amines is 1. The highest BCUT2D eigenvalue weighted by Gasteiger charge is 2.33. The van der Waals surface area contributed by atoms with Gasteiger partial charge in [0.15, 0.2) is 0 Å². The van der Waals surface area contributed by atoms with E-state index < -0.39 is 5.60 Å². The molecule has 0 saturated carbocycles. The largest absolute Gasteiger partial charge is 0.367 e. The summed E-state index contributed by atoms with van der Waals surface area (Å²) in [5, 5.41) is 3.26. The summed E-state index contributed by atoms with van der Waals surface area (Å²) >= 11 is 0. The molecule has 0 saturated heterocycles. The van der Waals surface area contributed by atoms with E-state index in [2.05, 4.69) is 29.1 Å². The molecule has 0 atom stereocenters. The molecule has 1 aromatic rings. The molecule has 0 radical (unpaired) electrons. The molecule has 0 amide bonds. The van der Waals surface area contributed by atoms with E-state index in [-0.39, 0.29) is 5.56 Å². The predicted octanol–water partition coefficient (Wildman–Crippen LogP) is 1.47. The fourth-order valence-electron chi connectivity index (χ4n) is 2.72. The molecular weight excluding hydrogens is 242 g/mol. The van der Waals surface area contributed by atoms with Crippen LogP contribution in [-0.2, 0) is 23.3 Å². The Kier molecular flexibility index (Phi) is 4.37. The lowest BCUT2D eigenvalue weighted by Gasteiger charge is -2.31. The van der Waals surface area contributed by atoms with Crippen LogP contribution in [0, 0.1) is 0 Å². The molecule has 0 bridgehead atoms. The fraction of sp³-hybridized carbons (Fsp3) is 0.714. The molecular formula is C14H23N3O2. The van der Waals surface area contributed by atoms with E-state index >= 15 is 0 Å². The molecule has 2 heterocycles. The zero-order valence-electron chi connectivity index (χ0n) is 12.0. The van der Waals surface area contributed by atoms with Crippen LogP contribution in [0.4, 0.5) is 0 Å². The minimum Gasteiger partial charge on any atom is -0.367 e. The number of ether oxygens (including phenoxy) is 1. The summed E-state index contributed by atoms with van der Waals surface area (Å²) in [4.78, 5) is 19.8. The predicted molar refractivity (Wildman–Crippen MR) is 74.2 cm³/mol. The van der Waals surface area contributed by atoms with E-state index in [0.717, 1.165) is 37.1 Å². The summed E-state index contributed by atoms with van der Waals surface area (Å²) in [6, 6.07) is 0. The Bertz CT molecular complexity index is 492. The summed E-state index contributed by atoms with van der Waals surface area (Å²) in [5.74, 6) is 0.673. The summed E-state index contributed by atoms with van der Waals surface area (Å²) in [6.45, 7) is 8.23.